The number of carboxylic acid groups (broad SMARTS) is 1. The highest BCUT2D eigenvalue weighted by atomic mass is 16.5. The van der Waals surface area contributed by atoms with Gasteiger partial charge in [-0.15, -0.1) is 0 Å². The summed E-state index contributed by atoms with van der Waals surface area (Å²) in [5, 5.41) is 11.7. The smallest absolute Gasteiger partial charge is 0.303 e. The quantitative estimate of drug-likeness (QED) is 0.279. The van der Waals surface area contributed by atoms with Crippen LogP contribution in [0.4, 0.5) is 0 Å². The number of carbonyl (C=O) groups is 2. The molecule has 1 aromatic rings. The molecule has 1 aromatic heterocycles. The van der Waals surface area contributed by atoms with E-state index in [0.29, 0.717) is 24.6 Å². The van der Waals surface area contributed by atoms with Crippen LogP contribution in [-0.2, 0) is 9.53 Å². The fraction of sp³-hybridized carbons (Fsp3) is 0.741. The number of nitrogens with zero attached hydrogens (tertiary/aromatic N) is 1. The van der Waals surface area contributed by atoms with Crippen molar-refractivity contribution in [3.8, 4) is 0 Å². The van der Waals surface area contributed by atoms with Crippen LogP contribution in [-0.4, -0.2) is 40.2 Å². The van der Waals surface area contributed by atoms with E-state index in [1.165, 1.54) is 51.2 Å². The minimum absolute atomic E-state index is 0.0891. The maximum atomic E-state index is 12.5. The summed E-state index contributed by atoms with van der Waals surface area (Å²) in [4.78, 5) is 27.6. The molecule has 3 heterocycles. The fourth-order valence-electron chi connectivity index (χ4n) is 5.97. The molecule has 0 aromatic carbocycles. The molecule has 3 aliphatic rings. The van der Waals surface area contributed by atoms with Crippen molar-refractivity contribution >= 4 is 11.9 Å². The van der Waals surface area contributed by atoms with Gasteiger partial charge in [-0.3, -0.25) is 9.59 Å². The number of amides is 1. The predicted molar refractivity (Wildman–Crippen MR) is 129 cm³/mol. The summed E-state index contributed by atoms with van der Waals surface area (Å²) in [6.45, 7) is 0.685. The number of carboxylic acids is 1. The normalized spacial score (nSPS) is 26.9. The van der Waals surface area contributed by atoms with Gasteiger partial charge in [-0.2, -0.15) is 0 Å². The number of carbonyl (C=O) groups excluding carboxylic acids is 1. The second-order valence-corrected chi connectivity index (χ2v) is 10.5. The maximum Gasteiger partial charge on any atom is 0.303 e. The van der Waals surface area contributed by atoms with Gasteiger partial charge < -0.3 is 19.6 Å². The Morgan fingerprint density at radius 2 is 2.00 bits per heavy atom. The van der Waals surface area contributed by atoms with E-state index in [1.54, 1.807) is 0 Å². The molecule has 7 nitrogen and oxygen atoms in total. The molecule has 2 N–H and O–H groups in total. The van der Waals surface area contributed by atoms with Crippen molar-refractivity contribution in [3.05, 3.63) is 30.0 Å². The number of allylic oxidation sites excluding steroid dienone is 1. The maximum absolute atomic E-state index is 12.5. The number of aromatic nitrogens is 1. The zero-order valence-corrected chi connectivity index (χ0v) is 20.3. The van der Waals surface area contributed by atoms with Crippen LogP contribution in [0.15, 0.2) is 22.8 Å². The molecule has 34 heavy (non-hydrogen) atoms. The number of aliphatic carboxylic acids is 1. The Balaban J connectivity index is 1.18. The lowest BCUT2D eigenvalue weighted by molar-refractivity contribution is -0.137. The van der Waals surface area contributed by atoms with Gasteiger partial charge in [-0.1, -0.05) is 57.1 Å². The molecule has 1 aliphatic carbocycles. The summed E-state index contributed by atoms with van der Waals surface area (Å²) in [5.74, 6) is 0.685. The third-order valence-electron chi connectivity index (χ3n) is 7.87. The Kier molecular flexibility index (Phi) is 8.81. The van der Waals surface area contributed by atoms with E-state index in [4.69, 9.17) is 14.3 Å². The highest BCUT2D eigenvalue weighted by Crippen LogP contribution is 2.52. The topological polar surface area (TPSA) is 102 Å². The summed E-state index contributed by atoms with van der Waals surface area (Å²) in [6.07, 6.45) is 21.4. The van der Waals surface area contributed by atoms with Gasteiger partial charge >= 0.3 is 5.97 Å². The van der Waals surface area contributed by atoms with Gasteiger partial charge in [-0.25, -0.2) is 4.98 Å². The van der Waals surface area contributed by atoms with Crippen molar-refractivity contribution in [2.24, 2.45) is 5.92 Å². The molecular weight excluding hydrogens is 432 g/mol. The van der Waals surface area contributed by atoms with E-state index >= 15 is 0 Å². The van der Waals surface area contributed by atoms with Crippen LogP contribution >= 0.6 is 0 Å². The molecule has 1 saturated carbocycles. The Labute approximate surface area is 202 Å². The molecule has 2 aliphatic heterocycles. The average Bonchev–Trinajstić information content (AvgIpc) is 3.56. The van der Waals surface area contributed by atoms with Crippen molar-refractivity contribution in [2.75, 3.05) is 6.54 Å². The molecule has 188 valence electrons. The van der Waals surface area contributed by atoms with E-state index in [2.05, 4.69) is 22.5 Å². The highest BCUT2D eigenvalue weighted by Gasteiger charge is 2.53. The van der Waals surface area contributed by atoms with Gasteiger partial charge in [-0.05, 0) is 50.9 Å². The Bertz CT molecular complexity index is 844. The second-order valence-electron chi connectivity index (χ2n) is 10.5. The van der Waals surface area contributed by atoms with Crippen molar-refractivity contribution < 1.29 is 23.8 Å². The first-order chi connectivity index (χ1) is 16.5. The van der Waals surface area contributed by atoms with Gasteiger partial charge in [0.25, 0.3) is 5.91 Å². The van der Waals surface area contributed by atoms with Crippen molar-refractivity contribution in [2.45, 2.75) is 114 Å². The Hall–Kier alpha value is -2.15. The molecule has 0 spiro atoms. The molecule has 3 fully saturated rings. The minimum atomic E-state index is -0.749. The van der Waals surface area contributed by atoms with Crippen LogP contribution in [0, 0.1) is 5.92 Å². The summed E-state index contributed by atoms with van der Waals surface area (Å²) in [6, 6.07) is 0. The number of fused-ring (bicyclic) bond motifs is 2. The third-order valence-corrected chi connectivity index (χ3v) is 7.87. The van der Waals surface area contributed by atoms with Crippen molar-refractivity contribution in [3.63, 3.8) is 0 Å². The van der Waals surface area contributed by atoms with Crippen LogP contribution in [0.5, 0.6) is 0 Å². The van der Waals surface area contributed by atoms with Gasteiger partial charge in [0.2, 0.25) is 5.89 Å². The van der Waals surface area contributed by atoms with Crippen LogP contribution in [0.2, 0.25) is 0 Å². The Morgan fingerprint density at radius 1 is 1.15 bits per heavy atom. The SMILES string of the molecule is O=C(O)CCCC=CC[C@]12CC[C@H](O1)[C@H](c1nc(C(=O)NCCCCC3CCCCC3)co1)C2. The van der Waals surface area contributed by atoms with E-state index in [-0.39, 0.29) is 30.0 Å². The van der Waals surface area contributed by atoms with E-state index in [9.17, 15) is 9.59 Å². The van der Waals surface area contributed by atoms with Crippen LogP contribution in [0.3, 0.4) is 0 Å². The summed E-state index contributed by atoms with van der Waals surface area (Å²) in [7, 11) is 0. The van der Waals surface area contributed by atoms with Crippen LogP contribution in [0.25, 0.3) is 0 Å². The van der Waals surface area contributed by atoms with Crippen molar-refractivity contribution in [1.29, 1.82) is 0 Å². The monoisotopic (exact) mass is 472 g/mol. The minimum Gasteiger partial charge on any atom is -0.481 e. The zero-order chi connectivity index (χ0) is 23.8. The number of rotatable bonds is 13. The fourth-order valence-corrected chi connectivity index (χ4v) is 5.97. The molecule has 0 unspecified atom stereocenters. The molecule has 4 rings (SSSR count). The number of oxazole rings is 1. The zero-order valence-electron chi connectivity index (χ0n) is 20.3. The molecule has 1 amide bonds. The molecule has 2 saturated heterocycles. The molecule has 0 radical (unpaired) electrons. The number of hydrogen-bond acceptors (Lipinski definition) is 5. The molecule has 2 bridgehead atoms. The average molecular weight is 473 g/mol. The largest absolute Gasteiger partial charge is 0.481 e. The first-order valence-corrected chi connectivity index (χ1v) is 13.3. The summed E-state index contributed by atoms with van der Waals surface area (Å²) < 4.78 is 12.1. The number of unbranched alkanes of at least 4 members (excludes halogenated alkanes) is 2. The van der Waals surface area contributed by atoms with Gasteiger partial charge in [0.1, 0.15) is 6.26 Å². The summed E-state index contributed by atoms with van der Waals surface area (Å²) in [5.41, 5.74) is 0.172. The molecular formula is C27H40N2O5. The van der Waals surface area contributed by atoms with Gasteiger partial charge in [0, 0.05) is 13.0 Å². The lowest BCUT2D eigenvalue weighted by atomic mass is 9.79. The first kappa shape index (κ1) is 25.0. The van der Waals surface area contributed by atoms with Crippen LogP contribution in [0.1, 0.15) is 119 Å². The summed E-state index contributed by atoms with van der Waals surface area (Å²) >= 11 is 0. The van der Waals surface area contributed by atoms with Gasteiger partial charge in [0.05, 0.1) is 17.6 Å². The Morgan fingerprint density at radius 3 is 2.82 bits per heavy atom. The lowest BCUT2D eigenvalue weighted by Gasteiger charge is -2.24. The second kappa shape index (κ2) is 12.0. The van der Waals surface area contributed by atoms with Gasteiger partial charge in [0.15, 0.2) is 5.69 Å². The molecule has 3 atom stereocenters. The highest BCUT2D eigenvalue weighted by molar-refractivity contribution is 5.91. The van der Waals surface area contributed by atoms with E-state index < -0.39 is 5.97 Å². The van der Waals surface area contributed by atoms with E-state index in [1.807, 2.05) is 0 Å². The first-order valence-electron chi connectivity index (χ1n) is 13.3. The standard InChI is InChI=1S/C27H40N2O5/c30-24(31)13-6-1-2-8-15-27-16-14-23(34-27)21(18-27)26-29-22(19-33-26)25(32)28-17-9-7-12-20-10-4-3-5-11-20/h2,8,19-21,23H,1,3-7,9-18H2,(H,28,32)(H,30,31)/t21-,23+,27-/m1/s1. The van der Waals surface area contributed by atoms with Crippen LogP contribution < -0.4 is 5.32 Å². The number of hydrogen-bond donors (Lipinski definition) is 2. The third kappa shape index (κ3) is 6.71. The molecule has 7 heteroatoms. The lowest BCUT2D eigenvalue weighted by Crippen LogP contribution is -2.26. The number of ether oxygens (including phenoxy) is 1. The number of nitrogens with one attached hydrogen (secondary N) is 1. The van der Waals surface area contributed by atoms with Crippen molar-refractivity contribution in [1.82, 2.24) is 10.3 Å². The predicted octanol–water partition coefficient (Wildman–Crippen LogP) is 5.76. The van der Waals surface area contributed by atoms with E-state index in [0.717, 1.165) is 44.4 Å².